The second kappa shape index (κ2) is 6.83. The lowest BCUT2D eigenvalue weighted by atomic mass is 10.00. The largest absolute Gasteiger partial charge is 0.289 e. The van der Waals surface area contributed by atoms with Crippen LogP contribution in [0.5, 0.6) is 0 Å². The number of aromatic nitrogens is 1. The zero-order valence-corrected chi connectivity index (χ0v) is 11.3. The Balaban J connectivity index is 2.12. The van der Waals surface area contributed by atoms with Gasteiger partial charge in [-0.3, -0.25) is 9.78 Å². The molecule has 2 aromatic rings. The van der Waals surface area contributed by atoms with Gasteiger partial charge in [0, 0.05) is 23.5 Å². The molecule has 2 rings (SSSR count). The molecule has 0 N–H and O–H groups in total. The second-order valence-corrected chi connectivity index (χ2v) is 4.73. The summed E-state index contributed by atoms with van der Waals surface area (Å²) >= 11 is 0. The molecule has 0 aliphatic carbocycles. The van der Waals surface area contributed by atoms with Crippen LogP contribution in [0.1, 0.15) is 47.7 Å². The van der Waals surface area contributed by atoms with Gasteiger partial charge in [-0.05, 0) is 36.6 Å². The van der Waals surface area contributed by atoms with Gasteiger partial charge in [0.05, 0.1) is 0 Å². The summed E-state index contributed by atoms with van der Waals surface area (Å²) in [5.74, 6) is 0.0467. The second-order valence-electron chi connectivity index (χ2n) is 4.73. The molecule has 0 fully saturated rings. The molecule has 0 aliphatic heterocycles. The van der Waals surface area contributed by atoms with Gasteiger partial charge in [-0.1, -0.05) is 38.0 Å². The van der Waals surface area contributed by atoms with Crippen LogP contribution < -0.4 is 0 Å². The average Bonchev–Trinajstić information content (AvgIpc) is 2.48. The zero-order chi connectivity index (χ0) is 13.5. The Kier molecular flexibility index (Phi) is 4.85. The molecule has 0 aliphatic rings. The predicted octanol–water partition coefficient (Wildman–Crippen LogP) is 4.05. The molecule has 1 aromatic heterocycles. The van der Waals surface area contributed by atoms with Crippen LogP contribution in [0.2, 0.25) is 0 Å². The van der Waals surface area contributed by atoms with E-state index in [1.807, 2.05) is 18.2 Å². The molecule has 0 atom stereocenters. The van der Waals surface area contributed by atoms with Crippen LogP contribution >= 0.6 is 0 Å². The summed E-state index contributed by atoms with van der Waals surface area (Å²) in [6.45, 7) is 2.20. The first-order valence-electron chi connectivity index (χ1n) is 6.85. The number of unbranched alkanes of at least 4 members (excludes halogenated alkanes) is 2. The Morgan fingerprint density at radius 2 is 1.95 bits per heavy atom. The fourth-order valence-electron chi connectivity index (χ4n) is 2.11. The third kappa shape index (κ3) is 3.75. The molecule has 2 heteroatoms. The molecule has 0 bridgehead atoms. The Morgan fingerprint density at radius 3 is 2.68 bits per heavy atom. The van der Waals surface area contributed by atoms with Gasteiger partial charge < -0.3 is 0 Å². The van der Waals surface area contributed by atoms with Gasteiger partial charge in [0.1, 0.15) is 0 Å². The fourth-order valence-corrected chi connectivity index (χ4v) is 2.11. The van der Waals surface area contributed by atoms with E-state index in [-0.39, 0.29) is 5.78 Å². The summed E-state index contributed by atoms with van der Waals surface area (Å²) in [4.78, 5) is 16.3. The van der Waals surface area contributed by atoms with E-state index in [1.54, 1.807) is 24.5 Å². The Hall–Kier alpha value is -1.96. The number of hydrogen-bond donors (Lipinski definition) is 0. The van der Waals surface area contributed by atoms with Crippen molar-refractivity contribution >= 4 is 5.78 Å². The minimum atomic E-state index is 0.0467. The van der Waals surface area contributed by atoms with Gasteiger partial charge in [-0.25, -0.2) is 0 Å². The minimum absolute atomic E-state index is 0.0467. The molecular formula is C17H19NO. The number of nitrogens with zero attached hydrogens (tertiary/aromatic N) is 1. The van der Waals surface area contributed by atoms with E-state index in [0.29, 0.717) is 5.56 Å². The van der Waals surface area contributed by atoms with Gasteiger partial charge in [0.25, 0.3) is 0 Å². The number of rotatable bonds is 6. The normalized spacial score (nSPS) is 10.4. The average molecular weight is 253 g/mol. The highest BCUT2D eigenvalue weighted by Crippen LogP contribution is 2.13. The van der Waals surface area contributed by atoms with Crippen molar-refractivity contribution in [2.75, 3.05) is 0 Å². The molecule has 0 unspecified atom stereocenters. The number of hydrogen-bond acceptors (Lipinski definition) is 2. The van der Waals surface area contributed by atoms with Crippen molar-refractivity contribution in [3.05, 3.63) is 65.5 Å². The van der Waals surface area contributed by atoms with Gasteiger partial charge in [-0.15, -0.1) is 0 Å². The van der Waals surface area contributed by atoms with Crippen LogP contribution in [0.15, 0.2) is 48.8 Å². The lowest BCUT2D eigenvalue weighted by molar-refractivity contribution is 0.103. The number of ketones is 1. The maximum atomic E-state index is 12.3. The van der Waals surface area contributed by atoms with Gasteiger partial charge >= 0.3 is 0 Å². The molecule has 1 aromatic carbocycles. The van der Waals surface area contributed by atoms with Crippen LogP contribution in [0.25, 0.3) is 0 Å². The van der Waals surface area contributed by atoms with E-state index in [2.05, 4.69) is 18.0 Å². The molecule has 0 saturated heterocycles. The first-order valence-corrected chi connectivity index (χ1v) is 6.85. The van der Waals surface area contributed by atoms with Crippen molar-refractivity contribution in [3.8, 4) is 0 Å². The summed E-state index contributed by atoms with van der Waals surface area (Å²) in [5, 5.41) is 0. The van der Waals surface area contributed by atoms with E-state index in [1.165, 1.54) is 24.8 Å². The summed E-state index contributed by atoms with van der Waals surface area (Å²) in [6.07, 6.45) is 7.97. The first-order chi connectivity index (χ1) is 9.31. The summed E-state index contributed by atoms with van der Waals surface area (Å²) in [5.41, 5.74) is 2.64. The van der Waals surface area contributed by atoms with Crippen molar-refractivity contribution in [1.29, 1.82) is 0 Å². The van der Waals surface area contributed by atoms with Crippen molar-refractivity contribution in [2.24, 2.45) is 0 Å². The van der Waals surface area contributed by atoms with Crippen LogP contribution in [-0.4, -0.2) is 10.8 Å². The molecule has 1 heterocycles. The number of benzene rings is 1. The van der Waals surface area contributed by atoms with Gasteiger partial charge in [0.15, 0.2) is 5.78 Å². The smallest absolute Gasteiger partial charge is 0.194 e. The molecule has 19 heavy (non-hydrogen) atoms. The molecule has 98 valence electrons. The van der Waals surface area contributed by atoms with Gasteiger partial charge in [-0.2, -0.15) is 0 Å². The maximum absolute atomic E-state index is 12.3. The van der Waals surface area contributed by atoms with Crippen molar-refractivity contribution in [3.63, 3.8) is 0 Å². The first kappa shape index (κ1) is 13.5. The highest BCUT2D eigenvalue weighted by atomic mass is 16.1. The standard InChI is InChI=1S/C17H19NO/c1-2-3-4-7-14-8-5-9-15(12-14)17(19)16-10-6-11-18-13-16/h5-6,8-13H,2-4,7H2,1H3. The van der Waals surface area contributed by atoms with Crippen molar-refractivity contribution in [2.45, 2.75) is 32.6 Å². The summed E-state index contributed by atoms with van der Waals surface area (Å²) < 4.78 is 0. The minimum Gasteiger partial charge on any atom is -0.289 e. The van der Waals surface area contributed by atoms with Crippen molar-refractivity contribution in [1.82, 2.24) is 4.98 Å². The summed E-state index contributed by atoms with van der Waals surface area (Å²) in [7, 11) is 0. The monoisotopic (exact) mass is 253 g/mol. The summed E-state index contributed by atoms with van der Waals surface area (Å²) in [6, 6.07) is 11.5. The maximum Gasteiger partial charge on any atom is 0.194 e. The quantitative estimate of drug-likeness (QED) is 0.574. The van der Waals surface area contributed by atoms with Crippen LogP contribution in [0, 0.1) is 0 Å². The van der Waals surface area contributed by atoms with Gasteiger partial charge in [0.2, 0.25) is 0 Å². The number of aryl methyl sites for hydroxylation is 1. The molecular weight excluding hydrogens is 234 g/mol. The number of pyridine rings is 1. The topological polar surface area (TPSA) is 30.0 Å². The number of carbonyl (C=O) groups excluding carboxylic acids is 1. The Labute approximate surface area is 114 Å². The SMILES string of the molecule is CCCCCc1cccc(C(=O)c2cccnc2)c1. The molecule has 0 amide bonds. The lowest BCUT2D eigenvalue weighted by Gasteiger charge is -2.04. The van der Waals surface area contributed by atoms with E-state index >= 15 is 0 Å². The third-order valence-electron chi connectivity index (χ3n) is 3.18. The van der Waals surface area contributed by atoms with Crippen LogP contribution in [0.3, 0.4) is 0 Å². The molecule has 2 nitrogen and oxygen atoms in total. The third-order valence-corrected chi connectivity index (χ3v) is 3.18. The van der Waals surface area contributed by atoms with Crippen LogP contribution in [-0.2, 0) is 6.42 Å². The van der Waals surface area contributed by atoms with E-state index in [4.69, 9.17) is 0 Å². The Morgan fingerprint density at radius 1 is 1.11 bits per heavy atom. The molecule has 0 spiro atoms. The van der Waals surface area contributed by atoms with Crippen LogP contribution in [0.4, 0.5) is 0 Å². The van der Waals surface area contributed by atoms with E-state index < -0.39 is 0 Å². The number of carbonyl (C=O) groups is 1. The highest BCUT2D eigenvalue weighted by molar-refractivity contribution is 6.08. The zero-order valence-electron chi connectivity index (χ0n) is 11.3. The predicted molar refractivity (Wildman–Crippen MR) is 77.3 cm³/mol. The molecule has 0 radical (unpaired) electrons. The van der Waals surface area contributed by atoms with E-state index in [0.717, 1.165) is 12.0 Å². The molecule has 0 saturated carbocycles. The Bertz CT molecular complexity index is 534. The lowest BCUT2D eigenvalue weighted by Crippen LogP contribution is -2.02. The van der Waals surface area contributed by atoms with E-state index in [9.17, 15) is 4.79 Å². The fraction of sp³-hybridized carbons (Fsp3) is 0.294. The highest BCUT2D eigenvalue weighted by Gasteiger charge is 2.09. The van der Waals surface area contributed by atoms with Crippen molar-refractivity contribution < 1.29 is 4.79 Å².